The molecule has 1 saturated carbocycles. The molecule has 0 radical (unpaired) electrons. The molecule has 2 fully saturated rings. The number of hydrogen-bond donors (Lipinski definition) is 1. The Morgan fingerprint density at radius 3 is 2.09 bits per heavy atom. The van der Waals surface area contributed by atoms with Crippen LogP contribution in [0.2, 0.25) is 0 Å². The number of sulfonamides is 2. The van der Waals surface area contributed by atoms with Crippen molar-refractivity contribution in [1.82, 2.24) is 9.03 Å². The van der Waals surface area contributed by atoms with Gasteiger partial charge in [0.1, 0.15) is 0 Å². The predicted molar refractivity (Wildman–Crippen MR) is 84.0 cm³/mol. The third-order valence-electron chi connectivity index (χ3n) is 4.19. The third-order valence-corrected chi connectivity index (χ3v) is 7.53. The maximum atomic E-state index is 12.5. The summed E-state index contributed by atoms with van der Waals surface area (Å²) in [5.74, 6) is 0. The Bertz CT molecular complexity index is 792. The van der Waals surface area contributed by atoms with Gasteiger partial charge in [-0.15, -0.1) is 0 Å². The van der Waals surface area contributed by atoms with Crippen LogP contribution in [0.3, 0.4) is 0 Å². The van der Waals surface area contributed by atoms with Gasteiger partial charge in [0.2, 0.25) is 20.0 Å². The molecule has 1 aliphatic heterocycles. The number of nitrogens with one attached hydrogen (secondary N) is 1. The molecule has 1 N–H and O–H groups in total. The van der Waals surface area contributed by atoms with Crippen LogP contribution in [-0.2, 0) is 24.8 Å². The van der Waals surface area contributed by atoms with Gasteiger partial charge in [0.05, 0.1) is 15.4 Å². The molecule has 0 aromatic heterocycles. The molecule has 1 saturated heterocycles. The molecule has 0 unspecified atom stereocenters. The summed E-state index contributed by atoms with van der Waals surface area (Å²) >= 11 is 0. The summed E-state index contributed by atoms with van der Waals surface area (Å²) in [6.45, 7) is 2.42. The normalized spacial score (nSPS) is 21.8. The molecule has 0 spiro atoms. The lowest BCUT2D eigenvalue weighted by Crippen LogP contribution is -2.62. The molecule has 7 nitrogen and oxygen atoms in total. The molecule has 0 atom stereocenters. The second-order valence-electron chi connectivity index (χ2n) is 6.29. The van der Waals surface area contributed by atoms with Crippen LogP contribution in [0.4, 0.5) is 0 Å². The van der Waals surface area contributed by atoms with Gasteiger partial charge in [-0.3, -0.25) is 0 Å². The monoisotopic (exact) mass is 360 g/mol. The molecule has 1 aliphatic carbocycles. The lowest BCUT2D eigenvalue weighted by molar-refractivity contribution is -0.0768. The fourth-order valence-electron chi connectivity index (χ4n) is 2.43. The van der Waals surface area contributed by atoms with Crippen molar-refractivity contribution in [3.8, 4) is 0 Å². The first-order chi connectivity index (χ1) is 10.7. The van der Waals surface area contributed by atoms with Gasteiger partial charge in [0.15, 0.2) is 0 Å². The van der Waals surface area contributed by atoms with E-state index in [9.17, 15) is 16.8 Å². The van der Waals surface area contributed by atoms with Gasteiger partial charge >= 0.3 is 0 Å². The third kappa shape index (κ3) is 3.29. The van der Waals surface area contributed by atoms with E-state index in [1.807, 2.05) is 6.92 Å². The van der Waals surface area contributed by atoms with Gasteiger partial charge in [-0.1, -0.05) is 0 Å². The minimum Gasteiger partial charge on any atom is -0.376 e. The van der Waals surface area contributed by atoms with Gasteiger partial charge in [-0.05, 0) is 44.0 Å². The van der Waals surface area contributed by atoms with Crippen molar-refractivity contribution in [2.75, 3.05) is 20.2 Å². The highest BCUT2D eigenvalue weighted by Gasteiger charge is 2.45. The molecular weight excluding hydrogens is 340 g/mol. The first kappa shape index (κ1) is 16.8. The summed E-state index contributed by atoms with van der Waals surface area (Å²) in [5.41, 5.74) is -0.454. The molecular formula is C14H20N2O5S2. The molecule has 1 aromatic rings. The zero-order chi connectivity index (χ0) is 16.9. The Hall–Kier alpha value is -1.00. The number of benzene rings is 1. The van der Waals surface area contributed by atoms with Gasteiger partial charge in [-0.25, -0.2) is 21.6 Å². The number of methoxy groups -OCH3 is 1. The van der Waals surface area contributed by atoms with E-state index in [-0.39, 0.29) is 28.9 Å². The van der Waals surface area contributed by atoms with Crippen LogP contribution >= 0.6 is 0 Å². The SMILES string of the molecule is COC1(C)CN(S(=O)(=O)c2ccc(S(=O)(=O)NC3CC3)cc2)C1. The van der Waals surface area contributed by atoms with Crippen LogP contribution in [0.15, 0.2) is 34.1 Å². The number of rotatable bonds is 6. The highest BCUT2D eigenvalue weighted by Crippen LogP contribution is 2.30. The van der Waals surface area contributed by atoms with E-state index in [0.717, 1.165) is 12.8 Å². The Morgan fingerprint density at radius 1 is 1.09 bits per heavy atom. The Labute approximate surface area is 136 Å². The van der Waals surface area contributed by atoms with Gasteiger partial charge in [-0.2, -0.15) is 4.31 Å². The van der Waals surface area contributed by atoms with Crippen molar-refractivity contribution in [3.05, 3.63) is 24.3 Å². The average molecular weight is 360 g/mol. The van der Waals surface area contributed by atoms with Crippen LogP contribution in [0, 0.1) is 0 Å². The molecule has 9 heteroatoms. The largest absolute Gasteiger partial charge is 0.376 e. The molecule has 2 aliphatic rings. The molecule has 0 amide bonds. The fourth-order valence-corrected chi connectivity index (χ4v) is 5.40. The van der Waals surface area contributed by atoms with Crippen molar-refractivity contribution in [2.45, 2.75) is 41.2 Å². The second kappa shape index (κ2) is 5.52. The quantitative estimate of drug-likeness (QED) is 0.799. The van der Waals surface area contributed by atoms with Gasteiger partial charge < -0.3 is 4.74 Å². The van der Waals surface area contributed by atoms with Crippen LogP contribution in [0.25, 0.3) is 0 Å². The van der Waals surface area contributed by atoms with E-state index < -0.39 is 25.6 Å². The van der Waals surface area contributed by atoms with Crippen LogP contribution < -0.4 is 4.72 Å². The maximum Gasteiger partial charge on any atom is 0.243 e. The van der Waals surface area contributed by atoms with Crippen molar-refractivity contribution in [2.24, 2.45) is 0 Å². The van der Waals surface area contributed by atoms with E-state index in [2.05, 4.69) is 4.72 Å². The summed E-state index contributed by atoms with van der Waals surface area (Å²) in [5, 5.41) is 0. The summed E-state index contributed by atoms with van der Waals surface area (Å²) in [6, 6.07) is 5.33. The van der Waals surface area contributed by atoms with E-state index in [1.54, 1.807) is 7.11 Å². The summed E-state index contributed by atoms with van der Waals surface area (Å²) < 4.78 is 58.2. The van der Waals surface area contributed by atoms with Crippen LogP contribution in [0.5, 0.6) is 0 Å². The van der Waals surface area contributed by atoms with Crippen molar-refractivity contribution in [1.29, 1.82) is 0 Å². The minimum atomic E-state index is -3.62. The zero-order valence-electron chi connectivity index (χ0n) is 13.0. The highest BCUT2D eigenvalue weighted by atomic mass is 32.2. The first-order valence-corrected chi connectivity index (χ1v) is 10.3. The summed E-state index contributed by atoms with van der Waals surface area (Å²) in [4.78, 5) is 0.162. The summed E-state index contributed by atoms with van der Waals surface area (Å²) in [6.07, 6.45) is 1.69. The number of nitrogens with zero attached hydrogens (tertiary/aromatic N) is 1. The highest BCUT2D eigenvalue weighted by molar-refractivity contribution is 7.89. The first-order valence-electron chi connectivity index (χ1n) is 7.34. The Kier molecular flexibility index (Phi) is 4.04. The van der Waals surface area contributed by atoms with Gasteiger partial charge in [0, 0.05) is 26.2 Å². The van der Waals surface area contributed by atoms with E-state index in [1.165, 1.54) is 28.6 Å². The van der Waals surface area contributed by atoms with Crippen LogP contribution in [-0.4, -0.2) is 53.0 Å². The van der Waals surface area contributed by atoms with E-state index >= 15 is 0 Å². The minimum absolute atomic E-state index is 0.0104. The standard InChI is InChI=1S/C14H20N2O5S2/c1-14(21-2)9-16(10-14)23(19,20)13-7-5-12(6-8-13)22(17,18)15-11-3-4-11/h5-8,11,15H,3-4,9-10H2,1-2H3. The maximum absolute atomic E-state index is 12.5. The van der Waals surface area contributed by atoms with Crippen molar-refractivity contribution >= 4 is 20.0 Å². The predicted octanol–water partition coefficient (Wildman–Crippen LogP) is 0.537. The van der Waals surface area contributed by atoms with Crippen molar-refractivity contribution < 1.29 is 21.6 Å². The van der Waals surface area contributed by atoms with E-state index in [4.69, 9.17) is 4.74 Å². The van der Waals surface area contributed by atoms with E-state index in [0.29, 0.717) is 0 Å². The lowest BCUT2D eigenvalue weighted by atomic mass is 10.0. The molecule has 128 valence electrons. The number of hydrogen-bond acceptors (Lipinski definition) is 5. The molecule has 1 heterocycles. The summed E-state index contributed by atoms with van der Waals surface area (Å²) in [7, 11) is -5.64. The average Bonchev–Trinajstić information content (AvgIpc) is 3.27. The smallest absolute Gasteiger partial charge is 0.243 e. The molecule has 23 heavy (non-hydrogen) atoms. The van der Waals surface area contributed by atoms with Crippen LogP contribution in [0.1, 0.15) is 19.8 Å². The number of ether oxygens (including phenoxy) is 1. The molecule has 0 bridgehead atoms. The lowest BCUT2D eigenvalue weighted by Gasteiger charge is -2.45. The topological polar surface area (TPSA) is 92.8 Å². The Morgan fingerprint density at radius 2 is 1.61 bits per heavy atom. The molecule has 3 rings (SSSR count). The second-order valence-corrected chi connectivity index (χ2v) is 9.95. The van der Waals surface area contributed by atoms with Crippen molar-refractivity contribution in [3.63, 3.8) is 0 Å². The fraction of sp³-hybridized carbons (Fsp3) is 0.571. The van der Waals surface area contributed by atoms with Gasteiger partial charge in [0.25, 0.3) is 0 Å². The molecule has 1 aromatic carbocycles. The zero-order valence-corrected chi connectivity index (χ0v) is 14.7. The Balaban J connectivity index is 1.77.